The summed E-state index contributed by atoms with van der Waals surface area (Å²) in [5.74, 6) is 5.62. The minimum Gasteiger partial charge on any atom is -0.384 e. The smallest absolute Gasteiger partial charge is 0.104 e. The average Bonchev–Trinajstić information content (AvgIpc) is 2.65. The van der Waals surface area contributed by atoms with E-state index < -0.39 is 0 Å². The van der Waals surface area contributed by atoms with E-state index in [4.69, 9.17) is 16.7 Å². The number of rotatable bonds is 2. The Kier molecular flexibility index (Phi) is 4.26. The molecule has 4 heteroatoms. The number of nitrogens with zero attached hydrogens (tertiary/aromatic N) is 2. The number of aliphatic hydroxyl groups is 1. The van der Waals surface area contributed by atoms with Crippen LogP contribution in [0.2, 0.25) is 5.02 Å². The molecule has 0 saturated heterocycles. The Morgan fingerprint density at radius 3 is 2.68 bits per heavy atom. The van der Waals surface area contributed by atoms with Crippen molar-refractivity contribution >= 4 is 11.6 Å². The normalized spacial score (nSPS) is 10.1. The Labute approximate surface area is 117 Å². The molecule has 0 radical (unpaired) electrons. The van der Waals surface area contributed by atoms with Crippen molar-refractivity contribution in [3.8, 4) is 11.8 Å². The van der Waals surface area contributed by atoms with E-state index in [-0.39, 0.29) is 6.61 Å². The predicted molar refractivity (Wildman–Crippen MR) is 76.2 cm³/mol. The molecule has 0 amide bonds. The predicted octanol–water partition coefficient (Wildman–Crippen LogP) is 2.55. The third kappa shape index (κ3) is 2.98. The Bertz CT molecular complexity index is 650. The summed E-state index contributed by atoms with van der Waals surface area (Å²) in [6.07, 6.45) is 0. The quantitative estimate of drug-likeness (QED) is 0.855. The molecule has 0 saturated carbocycles. The highest BCUT2D eigenvalue weighted by Crippen LogP contribution is 2.20. The molecule has 0 aliphatic rings. The van der Waals surface area contributed by atoms with Crippen molar-refractivity contribution in [2.24, 2.45) is 0 Å². The maximum atomic E-state index is 8.78. The van der Waals surface area contributed by atoms with E-state index >= 15 is 0 Å². The minimum absolute atomic E-state index is 0.139. The van der Waals surface area contributed by atoms with Crippen LogP contribution >= 0.6 is 11.6 Å². The monoisotopic (exact) mass is 274 g/mol. The lowest BCUT2D eigenvalue weighted by atomic mass is 10.1. The number of aryl methyl sites for hydroxylation is 1. The van der Waals surface area contributed by atoms with Crippen molar-refractivity contribution in [2.45, 2.75) is 20.4 Å². The van der Waals surface area contributed by atoms with Gasteiger partial charge >= 0.3 is 0 Å². The molecule has 0 bridgehead atoms. The molecule has 2 aromatic rings. The fourth-order valence-corrected chi connectivity index (χ4v) is 2.04. The van der Waals surface area contributed by atoms with E-state index in [1.54, 1.807) is 0 Å². The fraction of sp³-hybridized carbons (Fsp3) is 0.267. The van der Waals surface area contributed by atoms with Gasteiger partial charge in [-0.25, -0.2) is 0 Å². The molecule has 1 aromatic carbocycles. The molecule has 2 rings (SSSR count). The first-order valence-electron chi connectivity index (χ1n) is 6.00. The van der Waals surface area contributed by atoms with E-state index in [1.165, 1.54) is 0 Å². The lowest BCUT2D eigenvalue weighted by molar-refractivity contribution is 0.350. The van der Waals surface area contributed by atoms with Gasteiger partial charge in [0.1, 0.15) is 6.61 Å². The van der Waals surface area contributed by atoms with Gasteiger partial charge in [-0.3, -0.25) is 4.68 Å². The van der Waals surface area contributed by atoms with Gasteiger partial charge in [0.25, 0.3) is 0 Å². The SMILES string of the molecule is Cc1nn(Cc2ccccc2C#CCO)c(C)c1Cl. The number of aliphatic hydroxyl groups excluding tert-OH is 1. The van der Waals surface area contributed by atoms with Crippen LogP contribution in [0.15, 0.2) is 24.3 Å². The molecule has 0 fully saturated rings. The van der Waals surface area contributed by atoms with E-state index in [9.17, 15) is 0 Å². The molecule has 0 aliphatic carbocycles. The standard InChI is InChI=1S/C15H15ClN2O/c1-11-15(16)12(2)18(17-11)10-14-7-4-3-6-13(14)8-5-9-19/h3-4,6-7,19H,9-10H2,1-2H3. The van der Waals surface area contributed by atoms with Gasteiger partial charge in [0, 0.05) is 5.56 Å². The van der Waals surface area contributed by atoms with Crippen LogP contribution in [-0.4, -0.2) is 21.5 Å². The van der Waals surface area contributed by atoms with Gasteiger partial charge in [-0.2, -0.15) is 5.10 Å². The third-order valence-corrected chi connectivity index (χ3v) is 3.48. The highest BCUT2D eigenvalue weighted by molar-refractivity contribution is 6.31. The van der Waals surface area contributed by atoms with Gasteiger partial charge < -0.3 is 5.11 Å². The molecule has 0 spiro atoms. The van der Waals surface area contributed by atoms with Crippen LogP contribution in [0.4, 0.5) is 0 Å². The maximum absolute atomic E-state index is 8.78. The average molecular weight is 275 g/mol. The maximum Gasteiger partial charge on any atom is 0.104 e. The molecule has 1 heterocycles. The van der Waals surface area contributed by atoms with Crippen LogP contribution in [0.25, 0.3) is 0 Å². The Morgan fingerprint density at radius 1 is 1.32 bits per heavy atom. The summed E-state index contributed by atoms with van der Waals surface area (Å²) in [6.45, 7) is 4.32. The fourth-order valence-electron chi connectivity index (χ4n) is 1.91. The van der Waals surface area contributed by atoms with Crippen molar-refractivity contribution in [1.82, 2.24) is 9.78 Å². The van der Waals surface area contributed by atoms with E-state index in [0.717, 1.165) is 22.5 Å². The zero-order chi connectivity index (χ0) is 13.8. The second-order valence-corrected chi connectivity index (χ2v) is 4.64. The molecule has 0 aliphatic heterocycles. The third-order valence-electron chi connectivity index (χ3n) is 2.93. The molecule has 19 heavy (non-hydrogen) atoms. The van der Waals surface area contributed by atoms with Crippen LogP contribution in [0.3, 0.4) is 0 Å². The zero-order valence-corrected chi connectivity index (χ0v) is 11.7. The summed E-state index contributed by atoms with van der Waals surface area (Å²) in [4.78, 5) is 0. The molecular weight excluding hydrogens is 260 g/mol. The number of halogens is 1. The summed E-state index contributed by atoms with van der Waals surface area (Å²) >= 11 is 6.14. The van der Waals surface area contributed by atoms with Gasteiger partial charge in [0.05, 0.1) is 23.0 Å². The lowest BCUT2D eigenvalue weighted by Gasteiger charge is -2.07. The van der Waals surface area contributed by atoms with Gasteiger partial charge in [0.15, 0.2) is 0 Å². The molecule has 1 N–H and O–H groups in total. The first kappa shape index (κ1) is 13.7. The van der Waals surface area contributed by atoms with Gasteiger partial charge in [-0.05, 0) is 25.5 Å². The van der Waals surface area contributed by atoms with E-state index in [2.05, 4.69) is 16.9 Å². The Hall–Kier alpha value is -1.76. The molecule has 1 aromatic heterocycles. The topological polar surface area (TPSA) is 38.0 Å². The summed E-state index contributed by atoms with van der Waals surface area (Å²) in [5, 5.41) is 13.9. The van der Waals surface area contributed by atoms with Crippen LogP contribution in [0.1, 0.15) is 22.5 Å². The first-order valence-corrected chi connectivity index (χ1v) is 6.38. The second kappa shape index (κ2) is 5.92. The highest BCUT2D eigenvalue weighted by atomic mass is 35.5. The highest BCUT2D eigenvalue weighted by Gasteiger charge is 2.10. The van der Waals surface area contributed by atoms with Gasteiger partial charge in [-0.15, -0.1) is 0 Å². The zero-order valence-electron chi connectivity index (χ0n) is 10.9. The summed E-state index contributed by atoms with van der Waals surface area (Å²) in [5.41, 5.74) is 3.74. The van der Waals surface area contributed by atoms with Crippen molar-refractivity contribution in [2.75, 3.05) is 6.61 Å². The van der Waals surface area contributed by atoms with Crippen LogP contribution in [0.5, 0.6) is 0 Å². The van der Waals surface area contributed by atoms with Crippen molar-refractivity contribution in [3.05, 3.63) is 51.8 Å². The number of benzene rings is 1. The van der Waals surface area contributed by atoms with Crippen LogP contribution < -0.4 is 0 Å². The largest absolute Gasteiger partial charge is 0.384 e. The van der Waals surface area contributed by atoms with Crippen molar-refractivity contribution in [3.63, 3.8) is 0 Å². The molecule has 0 atom stereocenters. The summed E-state index contributed by atoms with van der Waals surface area (Å²) in [7, 11) is 0. The molecule has 0 unspecified atom stereocenters. The van der Waals surface area contributed by atoms with E-state index in [1.807, 2.05) is 42.8 Å². The lowest BCUT2D eigenvalue weighted by Crippen LogP contribution is -2.05. The summed E-state index contributed by atoms with van der Waals surface area (Å²) in [6, 6.07) is 7.84. The molecule has 98 valence electrons. The second-order valence-electron chi connectivity index (χ2n) is 4.26. The Balaban J connectivity index is 2.35. The van der Waals surface area contributed by atoms with E-state index in [0.29, 0.717) is 11.6 Å². The van der Waals surface area contributed by atoms with Gasteiger partial charge in [0.2, 0.25) is 0 Å². The number of hydrogen-bond donors (Lipinski definition) is 1. The first-order chi connectivity index (χ1) is 9.13. The van der Waals surface area contributed by atoms with Gasteiger partial charge in [-0.1, -0.05) is 41.6 Å². The minimum atomic E-state index is -0.139. The molecular formula is C15H15ClN2O. The number of hydrogen-bond acceptors (Lipinski definition) is 2. The number of aromatic nitrogens is 2. The van der Waals surface area contributed by atoms with Crippen molar-refractivity contribution < 1.29 is 5.11 Å². The van der Waals surface area contributed by atoms with Crippen LogP contribution in [-0.2, 0) is 6.54 Å². The van der Waals surface area contributed by atoms with Crippen LogP contribution in [0, 0.1) is 25.7 Å². The summed E-state index contributed by atoms with van der Waals surface area (Å²) < 4.78 is 1.87. The Morgan fingerprint density at radius 2 is 2.05 bits per heavy atom. The van der Waals surface area contributed by atoms with Crippen molar-refractivity contribution in [1.29, 1.82) is 0 Å². The molecule has 3 nitrogen and oxygen atoms in total.